The van der Waals surface area contributed by atoms with E-state index in [-0.39, 0.29) is 9.92 Å². The van der Waals surface area contributed by atoms with Crippen LogP contribution in [0.4, 0.5) is 19.0 Å². The Morgan fingerprint density at radius 3 is 2.45 bits per heavy atom. The summed E-state index contributed by atoms with van der Waals surface area (Å²) < 4.78 is 67.6. The molecule has 0 bridgehead atoms. The number of alkyl halides is 3. The third kappa shape index (κ3) is 7.08. The number of benzene rings is 1. The molecule has 1 aromatic carbocycles. The van der Waals surface area contributed by atoms with Crippen molar-refractivity contribution in [2.45, 2.75) is 30.8 Å². The van der Waals surface area contributed by atoms with E-state index in [9.17, 15) is 26.4 Å². The molecular weight excluding hydrogens is 459 g/mol. The van der Waals surface area contributed by atoms with E-state index in [0.29, 0.717) is 12.0 Å². The maximum Gasteiger partial charge on any atom is 0.417 e. The first-order chi connectivity index (χ1) is 14.3. The number of piperidine rings is 1. The highest BCUT2D eigenvalue weighted by atomic mass is 35.5. The minimum Gasteiger partial charge on any atom is -0.366 e. The largest absolute Gasteiger partial charge is 0.417 e. The number of carbonyl (C=O) groups excluding carboxylic acids is 1. The van der Waals surface area contributed by atoms with Crippen LogP contribution in [0.3, 0.4) is 0 Å². The Labute approximate surface area is 182 Å². The second kappa shape index (κ2) is 9.84. The molecule has 1 aliphatic heterocycles. The molecule has 0 saturated carbocycles. The molecule has 12 heteroatoms. The lowest BCUT2D eigenvalue weighted by atomic mass is 10.0. The van der Waals surface area contributed by atoms with E-state index in [0.717, 1.165) is 31.4 Å². The highest BCUT2D eigenvalue weighted by Gasteiger charge is 2.34. The summed E-state index contributed by atoms with van der Waals surface area (Å²) in [5.41, 5.74) is 3.08. The van der Waals surface area contributed by atoms with Crippen molar-refractivity contribution in [2.75, 3.05) is 18.0 Å². The van der Waals surface area contributed by atoms with Crippen LogP contribution in [0.2, 0.25) is 5.02 Å². The number of hydrogen-bond acceptors (Lipinski definition) is 5. The number of amides is 1. The predicted octanol–water partition coefficient (Wildman–Crippen LogP) is 4.02. The molecule has 31 heavy (non-hydrogen) atoms. The number of carbonyl (C=O) groups is 1. The lowest BCUT2D eigenvalue weighted by Gasteiger charge is -2.31. The van der Waals surface area contributed by atoms with E-state index in [4.69, 9.17) is 21.9 Å². The number of nitrogens with two attached hydrogens (primary N) is 1. The zero-order valence-electron chi connectivity index (χ0n) is 16.4. The van der Waals surface area contributed by atoms with Gasteiger partial charge in [-0.1, -0.05) is 18.5 Å². The van der Waals surface area contributed by atoms with E-state index in [1.165, 1.54) is 24.8 Å². The van der Waals surface area contributed by atoms with Crippen LogP contribution >= 0.6 is 11.6 Å². The van der Waals surface area contributed by atoms with Crippen LogP contribution in [-0.2, 0) is 16.3 Å². The quantitative estimate of drug-likeness (QED) is 0.643. The third-order valence-electron chi connectivity index (χ3n) is 4.55. The van der Waals surface area contributed by atoms with Gasteiger partial charge in [0.05, 0.1) is 17.3 Å². The molecule has 0 radical (unpaired) electrons. The van der Waals surface area contributed by atoms with Gasteiger partial charge in [0.2, 0.25) is 5.91 Å². The number of anilines is 1. The first-order valence-electron chi connectivity index (χ1n) is 9.14. The lowest BCUT2D eigenvalue weighted by Crippen LogP contribution is -2.34. The summed E-state index contributed by atoms with van der Waals surface area (Å²) >= 11 is 5.38. The summed E-state index contributed by atoms with van der Waals surface area (Å²) in [6, 6.07) is 5.82. The van der Waals surface area contributed by atoms with Gasteiger partial charge in [0.25, 0.3) is 10.1 Å². The van der Waals surface area contributed by atoms with Crippen LogP contribution < -0.4 is 10.6 Å². The Hall–Kier alpha value is -2.37. The molecule has 1 aliphatic rings. The van der Waals surface area contributed by atoms with Crippen LogP contribution in [-0.4, -0.2) is 37.0 Å². The molecule has 3 N–H and O–H groups in total. The van der Waals surface area contributed by atoms with Crippen molar-refractivity contribution in [2.24, 2.45) is 11.7 Å². The normalized spacial score (nSPS) is 17.0. The van der Waals surface area contributed by atoms with Crippen molar-refractivity contribution in [1.82, 2.24) is 4.98 Å². The molecule has 1 saturated heterocycles. The molecule has 170 valence electrons. The van der Waals surface area contributed by atoms with Gasteiger partial charge in [-0.3, -0.25) is 9.35 Å². The van der Waals surface area contributed by atoms with E-state index in [1.54, 1.807) is 6.07 Å². The zero-order chi connectivity index (χ0) is 23.4. The first-order valence-corrected chi connectivity index (χ1v) is 11.0. The van der Waals surface area contributed by atoms with E-state index < -0.39 is 33.3 Å². The predicted molar refractivity (Wildman–Crippen MR) is 110 cm³/mol. The lowest BCUT2D eigenvalue weighted by molar-refractivity contribution is -0.137. The van der Waals surface area contributed by atoms with Crippen molar-refractivity contribution in [3.05, 3.63) is 52.7 Å². The van der Waals surface area contributed by atoms with Crippen LogP contribution in [0.25, 0.3) is 0 Å². The molecule has 3 rings (SSSR count). The van der Waals surface area contributed by atoms with Gasteiger partial charge in [-0.2, -0.15) is 21.6 Å². The van der Waals surface area contributed by atoms with Gasteiger partial charge in [0.1, 0.15) is 10.7 Å². The summed E-state index contributed by atoms with van der Waals surface area (Å²) in [4.78, 5) is 16.7. The Bertz CT molecular complexity index is 1030. The van der Waals surface area contributed by atoms with Crippen molar-refractivity contribution in [3.8, 4) is 0 Å². The van der Waals surface area contributed by atoms with Crippen molar-refractivity contribution in [1.29, 1.82) is 0 Å². The van der Waals surface area contributed by atoms with Gasteiger partial charge in [-0.15, -0.1) is 0 Å². The number of aromatic nitrogens is 1. The molecule has 1 amide bonds. The highest BCUT2D eigenvalue weighted by molar-refractivity contribution is 7.85. The highest BCUT2D eigenvalue weighted by Crippen LogP contribution is 2.33. The van der Waals surface area contributed by atoms with Gasteiger partial charge in [0.15, 0.2) is 0 Å². The number of primary amides is 1. The van der Waals surface area contributed by atoms with E-state index in [1.807, 2.05) is 0 Å². The summed E-state index contributed by atoms with van der Waals surface area (Å²) in [6.07, 6.45) is -1.08. The summed E-state index contributed by atoms with van der Waals surface area (Å²) in [7, 11) is -4.14. The van der Waals surface area contributed by atoms with Crippen LogP contribution in [0.1, 0.15) is 35.7 Å². The maximum atomic E-state index is 12.3. The zero-order valence-corrected chi connectivity index (χ0v) is 18.0. The number of nitrogens with zero attached hydrogens (tertiary/aromatic N) is 2. The van der Waals surface area contributed by atoms with Gasteiger partial charge < -0.3 is 10.6 Å². The molecule has 1 atom stereocenters. The monoisotopic (exact) mass is 479 g/mol. The Morgan fingerprint density at radius 1 is 1.29 bits per heavy atom. The van der Waals surface area contributed by atoms with Gasteiger partial charge in [-0.05, 0) is 49.1 Å². The fourth-order valence-corrected chi connectivity index (χ4v) is 3.67. The van der Waals surface area contributed by atoms with Crippen molar-refractivity contribution in [3.63, 3.8) is 0 Å². The summed E-state index contributed by atoms with van der Waals surface area (Å²) in [5, 5.41) is -0.0951. The molecule has 0 aliphatic carbocycles. The average Bonchev–Trinajstić information content (AvgIpc) is 2.67. The summed E-state index contributed by atoms with van der Waals surface area (Å²) in [5.74, 6) is 0.268. The molecule has 2 heterocycles. The molecule has 1 fully saturated rings. The van der Waals surface area contributed by atoms with E-state index >= 15 is 0 Å². The maximum absolute atomic E-state index is 12.3. The first kappa shape index (κ1) is 24.9. The van der Waals surface area contributed by atoms with Crippen LogP contribution in [0.5, 0.6) is 0 Å². The Morgan fingerprint density at radius 2 is 1.97 bits per heavy atom. The molecular formula is C19H21ClF3N3O4S. The second-order valence-electron chi connectivity index (χ2n) is 7.07. The smallest absolute Gasteiger partial charge is 0.366 e. The molecule has 1 unspecified atom stereocenters. The molecule has 7 nitrogen and oxygen atoms in total. The number of halogens is 4. The van der Waals surface area contributed by atoms with Gasteiger partial charge >= 0.3 is 6.18 Å². The number of pyridine rings is 1. The number of rotatable bonds is 3. The van der Waals surface area contributed by atoms with Crippen LogP contribution in [0.15, 0.2) is 41.4 Å². The summed E-state index contributed by atoms with van der Waals surface area (Å²) in [6.45, 7) is 4.08. The van der Waals surface area contributed by atoms with Gasteiger partial charge in [0, 0.05) is 18.1 Å². The van der Waals surface area contributed by atoms with Crippen molar-refractivity contribution >= 4 is 33.4 Å². The van der Waals surface area contributed by atoms with Crippen LogP contribution in [0, 0.1) is 5.92 Å². The average molecular weight is 480 g/mol. The Balaban J connectivity index is 0.000000225. The Kier molecular flexibility index (Phi) is 7.90. The SMILES string of the molecule is CC1CCCN(c2ccc(S(=O)(=O)O)cn2)C1.NC(=O)c1ccc(Cl)cc1C(F)(F)F. The minimum atomic E-state index is -4.63. The topological polar surface area (TPSA) is 114 Å². The minimum absolute atomic E-state index is 0.0951. The standard InChI is InChI=1S/C11H16N2O3S.C8H5ClF3NO/c1-9-3-2-6-13(8-9)11-5-4-10(7-12-11)17(14,15)16;9-4-1-2-5(7(13)14)6(3-4)8(10,11)12/h4-5,7,9H,2-3,6,8H2,1H3,(H,14,15,16);1-3H,(H2,13,14). The fraction of sp³-hybridized carbons (Fsp3) is 0.368. The van der Waals surface area contributed by atoms with Gasteiger partial charge in [-0.25, -0.2) is 4.98 Å². The van der Waals surface area contributed by atoms with Crippen molar-refractivity contribution < 1.29 is 30.9 Å². The molecule has 2 aromatic rings. The second-order valence-corrected chi connectivity index (χ2v) is 8.93. The van der Waals surface area contributed by atoms with E-state index in [2.05, 4.69) is 16.8 Å². The number of hydrogen-bond donors (Lipinski definition) is 2. The molecule has 1 aromatic heterocycles. The third-order valence-corrected chi connectivity index (χ3v) is 5.62. The fourth-order valence-electron chi connectivity index (χ4n) is 3.08. The molecule has 0 spiro atoms.